The first kappa shape index (κ1) is 12.1. The zero-order valence-electron chi connectivity index (χ0n) is 10.1. The van der Waals surface area contributed by atoms with E-state index in [1.807, 2.05) is 23.1 Å². The number of ether oxygens (including phenoxy) is 1. The van der Waals surface area contributed by atoms with Gasteiger partial charge in [0.05, 0.1) is 12.6 Å². The average Bonchev–Trinajstić information content (AvgIpc) is 2.33. The molecule has 0 aliphatic carbocycles. The third-order valence-corrected chi connectivity index (χ3v) is 3.12. The predicted molar refractivity (Wildman–Crippen MR) is 65.5 cm³/mol. The van der Waals surface area contributed by atoms with E-state index < -0.39 is 0 Å². The molecule has 0 radical (unpaired) electrons. The molecule has 1 aromatic carbocycles. The van der Waals surface area contributed by atoms with Gasteiger partial charge in [0.25, 0.3) is 0 Å². The van der Waals surface area contributed by atoms with Crippen LogP contribution < -0.4 is 5.73 Å². The van der Waals surface area contributed by atoms with Gasteiger partial charge in [0.15, 0.2) is 0 Å². The van der Waals surface area contributed by atoms with Crippen molar-refractivity contribution >= 4 is 5.91 Å². The molecule has 4 nitrogen and oxygen atoms in total. The van der Waals surface area contributed by atoms with Gasteiger partial charge in [0.2, 0.25) is 5.91 Å². The maximum absolute atomic E-state index is 11.8. The highest BCUT2D eigenvalue weighted by Gasteiger charge is 2.29. The first-order valence-corrected chi connectivity index (χ1v) is 5.87. The van der Waals surface area contributed by atoms with E-state index in [0.29, 0.717) is 19.7 Å². The summed E-state index contributed by atoms with van der Waals surface area (Å²) in [6.45, 7) is 3.84. The van der Waals surface area contributed by atoms with Crippen molar-refractivity contribution in [3.05, 3.63) is 35.4 Å². The minimum absolute atomic E-state index is 0.000926. The number of nitrogens with zero attached hydrogens (tertiary/aromatic N) is 1. The average molecular weight is 234 g/mol. The zero-order valence-corrected chi connectivity index (χ0v) is 10.1. The molecule has 4 heteroatoms. The van der Waals surface area contributed by atoms with Crippen molar-refractivity contribution in [3.8, 4) is 0 Å². The van der Waals surface area contributed by atoms with Crippen LogP contribution in [0.3, 0.4) is 0 Å². The highest BCUT2D eigenvalue weighted by molar-refractivity contribution is 5.78. The first-order chi connectivity index (χ1) is 8.24. The second-order valence-corrected chi connectivity index (χ2v) is 4.26. The maximum atomic E-state index is 11.8. The number of carbonyl (C=O) groups is 1. The Bertz CT molecular complexity index is 406. The smallest absolute Gasteiger partial charge is 0.249 e. The molecule has 1 heterocycles. The summed E-state index contributed by atoms with van der Waals surface area (Å²) in [6.07, 6.45) is 0. The molecule has 17 heavy (non-hydrogen) atoms. The van der Waals surface area contributed by atoms with Crippen molar-refractivity contribution in [2.75, 3.05) is 26.3 Å². The minimum Gasteiger partial charge on any atom is -0.369 e. The van der Waals surface area contributed by atoms with Crippen molar-refractivity contribution in [2.45, 2.75) is 13.0 Å². The van der Waals surface area contributed by atoms with Crippen LogP contribution in [0.2, 0.25) is 0 Å². The lowest BCUT2D eigenvalue weighted by Gasteiger charge is -2.36. The lowest BCUT2D eigenvalue weighted by atomic mass is 9.99. The number of amides is 1. The van der Waals surface area contributed by atoms with Crippen molar-refractivity contribution in [2.24, 2.45) is 5.73 Å². The van der Waals surface area contributed by atoms with Crippen molar-refractivity contribution in [3.63, 3.8) is 0 Å². The van der Waals surface area contributed by atoms with Gasteiger partial charge in [-0.05, 0) is 18.1 Å². The normalized spacial score (nSPS) is 20.7. The third-order valence-electron chi connectivity index (χ3n) is 3.12. The molecular formula is C13H18N2O2. The highest BCUT2D eigenvalue weighted by atomic mass is 16.5. The van der Waals surface area contributed by atoms with Crippen molar-refractivity contribution in [1.82, 2.24) is 4.90 Å². The number of carbonyl (C=O) groups excluding carboxylic acids is 1. The Hall–Kier alpha value is -1.39. The Kier molecular flexibility index (Phi) is 3.76. The monoisotopic (exact) mass is 234 g/mol. The maximum Gasteiger partial charge on any atom is 0.249 e. The Morgan fingerprint density at radius 3 is 2.94 bits per heavy atom. The minimum atomic E-state index is 0.000926. The number of nitrogens with two attached hydrogens (primary N) is 1. The van der Waals surface area contributed by atoms with E-state index in [1.54, 1.807) is 0 Å². The molecule has 1 aromatic rings. The van der Waals surface area contributed by atoms with E-state index in [0.717, 1.165) is 5.56 Å². The SMILES string of the molecule is Cc1ccccc1C1COCC(=O)N1CCN. The number of hydrogen-bond donors (Lipinski definition) is 1. The molecule has 1 aliphatic rings. The first-order valence-electron chi connectivity index (χ1n) is 5.87. The standard InChI is InChI=1S/C13H18N2O2/c1-10-4-2-3-5-11(10)12-8-17-9-13(16)15(12)7-6-14/h2-5,12H,6-9,14H2,1H3. The largest absolute Gasteiger partial charge is 0.369 e. The van der Waals surface area contributed by atoms with Crippen LogP contribution in [0.5, 0.6) is 0 Å². The van der Waals surface area contributed by atoms with Crippen LogP contribution in [-0.4, -0.2) is 37.1 Å². The molecule has 1 fully saturated rings. The molecule has 0 saturated carbocycles. The van der Waals surface area contributed by atoms with Gasteiger partial charge in [-0.25, -0.2) is 0 Å². The molecule has 0 spiro atoms. The fourth-order valence-electron chi connectivity index (χ4n) is 2.24. The quantitative estimate of drug-likeness (QED) is 0.843. The lowest BCUT2D eigenvalue weighted by molar-refractivity contribution is -0.148. The fourth-order valence-corrected chi connectivity index (χ4v) is 2.24. The number of rotatable bonds is 3. The van der Waals surface area contributed by atoms with Gasteiger partial charge < -0.3 is 15.4 Å². The Morgan fingerprint density at radius 1 is 1.47 bits per heavy atom. The summed E-state index contributed by atoms with van der Waals surface area (Å²) in [5, 5.41) is 0. The van der Waals surface area contributed by atoms with Crippen molar-refractivity contribution in [1.29, 1.82) is 0 Å². The molecule has 1 aliphatic heterocycles. The molecule has 2 rings (SSSR count). The van der Waals surface area contributed by atoms with Crippen LogP contribution in [0.1, 0.15) is 17.2 Å². The van der Waals surface area contributed by atoms with Gasteiger partial charge in [0, 0.05) is 13.1 Å². The predicted octanol–water partition coefficient (Wildman–Crippen LogP) is 0.854. The molecule has 0 bridgehead atoms. The van der Waals surface area contributed by atoms with E-state index in [-0.39, 0.29) is 18.6 Å². The lowest BCUT2D eigenvalue weighted by Crippen LogP contribution is -2.46. The van der Waals surface area contributed by atoms with Gasteiger partial charge in [-0.15, -0.1) is 0 Å². The van der Waals surface area contributed by atoms with Gasteiger partial charge >= 0.3 is 0 Å². The summed E-state index contributed by atoms with van der Waals surface area (Å²) in [4.78, 5) is 13.6. The zero-order chi connectivity index (χ0) is 12.3. The summed E-state index contributed by atoms with van der Waals surface area (Å²) in [7, 11) is 0. The molecule has 92 valence electrons. The van der Waals surface area contributed by atoms with Gasteiger partial charge in [0.1, 0.15) is 6.61 Å². The molecular weight excluding hydrogens is 216 g/mol. The van der Waals surface area contributed by atoms with Crippen LogP contribution in [0.25, 0.3) is 0 Å². The molecule has 1 saturated heterocycles. The number of hydrogen-bond acceptors (Lipinski definition) is 3. The second-order valence-electron chi connectivity index (χ2n) is 4.26. The molecule has 2 N–H and O–H groups in total. The van der Waals surface area contributed by atoms with Crippen LogP contribution >= 0.6 is 0 Å². The molecule has 1 unspecified atom stereocenters. The van der Waals surface area contributed by atoms with E-state index >= 15 is 0 Å². The van der Waals surface area contributed by atoms with E-state index in [1.165, 1.54) is 5.56 Å². The fraction of sp³-hybridized carbons (Fsp3) is 0.462. The topological polar surface area (TPSA) is 55.6 Å². The number of morpholine rings is 1. The Balaban J connectivity index is 2.28. The number of aryl methyl sites for hydroxylation is 1. The van der Waals surface area contributed by atoms with Gasteiger partial charge in [-0.1, -0.05) is 24.3 Å². The summed E-state index contributed by atoms with van der Waals surface area (Å²) in [5.74, 6) is 0.0231. The number of benzene rings is 1. The van der Waals surface area contributed by atoms with Crippen LogP contribution in [0, 0.1) is 6.92 Å². The van der Waals surface area contributed by atoms with Crippen molar-refractivity contribution < 1.29 is 9.53 Å². The summed E-state index contributed by atoms with van der Waals surface area (Å²) >= 11 is 0. The summed E-state index contributed by atoms with van der Waals surface area (Å²) < 4.78 is 5.35. The summed E-state index contributed by atoms with van der Waals surface area (Å²) in [6, 6.07) is 8.08. The molecule has 1 atom stereocenters. The highest BCUT2D eigenvalue weighted by Crippen LogP contribution is 2.26. The van der Waals surface area contributed by atoms with E-state index in [4.69, 9.17) is 10.5 Å². The van der Waals surface area contributed by atoms with Crippen LogP contribution in [0.4, 0.5) is 0 Å². The van der Waals surface area contributed by atoms with Gasteiger partial charge in [-0.3, -0.25) is 4.79 Å². The van der Waals surface area contributed by atoms with E-state index in [2.05, 4.69) is 13.0 Å². The van der Waals surface area contributed by atoms with Crippen LogP contribution in [0.15, 0.2) is 24.3 Å². The molecule has 1 amide bonds. The molecule has 0 aromatic heterocycles. The third kappa shape index (κ3) is 2.48. The van der Waals surface area contributed by atoms with Crippen LogP contribution in [-0.2, 0) is 9.53 Å². The van der Waals surface area contributed by atoms with E-state index in [9.17, 15) is 4.79 Å². The Labute approximate surface area is 101 Å². The second kappa shape index (κ2) is 5.29. The summed E-state index contributed by atoms with van der Waals surface area (Å²) in [5.41, 5.74) is 7.89. The van der Waals surface area contributed by atoms with Gasteiger partial charge in [-0.2, -0.15) is 0 Å². The Morgan fingerprint density at radius 2 is 2.24 bits per heavy atom.